The van der Waals surface area contributed by atoms with E-state index in [0.29, 0.717) is 18.4 Å². The fraction of sp³-hybridized carbons (Fsp3) is 0.500. The van der Waals surface area contributed by atoms with Gasteiger partial charge in [0, 0.05) is 5.92 Å². The van der Waals surface area contributed by atoms with E-state index in [9.17, 15) is 19.4 Å². The number of aliphatic carboxylic acids is 1. The van der Waals surface area contributed by atoms with E-state index in [1.165, 1.54) is 24.3 Å². The van der Waals surface area contributed by atoms with Gasteiger partial charge in [0.05, 0.1) is 0 Å². The normalized spacial score (nSPS) is 16.0. The predicted octanol–water partition coefficient (Wildman–Crippen LogP) is 2.94. The van der Waals surface area contributed by atoms with Crippen molar-refractivity contribution in [3.05, 3.63) is 35.6 Å². The van der Waals surface area contributed by atoms with Gasteiger partial charge in [0.1, 0.15) is 5.82 Å². The lowest BCUT2D eigenvalue weighted by molar-refractivity contribution is -0.162. The fourth-order valence-corrected chi connectivity index (χ4v) is 2.36. The molecule has 2 N–H and O–H groups in total. The second kappa shape index (κ2) is 5.96. The highest BCUT2D eigenvalue weighted by atomic mass is 19.1. The molecule has 0 bridgehead atoms. The lowest BCUT2D eigenvalue weighted by Gasteiger charge is -2.32. The predicted molar refractivity (Wildman–Crippen MR) is 66.9 cm³/mol. The van der Waals surface area contributed by atoms with E-state index in [1.54, 1.807) is 0 Å². The molecule has 0 spiro atoms. The maximum absolute atomic E-state index is 12.9. The van der Waals surface area contributed by atoms with Crippen molar-refractivity contribution in [2.24, 2.45) is 0 Å². The standard InChI is InChI=1S/C14H19FO3/c1-3-9-14(18,13(16)17)12(4-2)10-5-7-11(15)8-6-10/h5-8,12,18H,3-4,9H2,1-2H3,(H,16,17). The Morgan fingerprint density at radius 1 is 1.33 bits per heavy atom. The van der Waals surface area contributed by atoms with Crippen LogP contribution in [0.15, 0.2) is 24.3 Å². The Morgan fingerprint density at radius 2 is 1.89 bits per heavy atom. The molecule has 0 aromatic heterocycles. The van der Waals surface area contributed by atoms with Gasteiger partial charge < -0.3 is 10.2 Å². The molecule has 4 heteroatoms. The van der Waals surface area contributed by atoms with E-state index in [2.05, 4.69) is 0 Å². The minimum absolute atomic E-state index is 0.179. The summed E-state index contributed by atoms with van der Waals surface area (Å²) < 4.78 is 12.9. The molecule has 1 aromatic carbocycles. The van der Waals surface area contributed by atoms with Crippen LogP contribution in [-0.2, 0) is 4.79 Å². The molecule has 0 heterocycles. The Balaban J connectivity index is 3.13. The van der Waals surface area contributed by atoms with Crippen molar-refractivity contribution < 1.29 is 19.4 Å². The molecule has 1 rings (SSSR count). The zero-order valence-corrected chi connectivity index (χ0v) is 10.7. The van der Waals surface area contributed by atoms with Crippen molar-refractivity contribution in [3.8, 4) is 0 Å². The molecule has 0 saturated heterocycles. The summed E-state index contributed by atoms with van der Waals surface area (Å²) in [5.41, 5.74) is -1.14. The van der Waals surface area contributed by atoms with Gasteiger partial charge in [-0.1, -0.05) is 32.4 Å². The second-order valence-electron chi connectivity index (χ2n) is 4.49. The van der Waals surface area contributed by atoms with Crippen LogP contribution < -0.4 is 0 Å². The monoisotopic (exact) mass is 254 g/mol. The van der Waals surface area contributed by atoms with Crippen molar-refractivity contribution in [1.82, 2.24) is 0 Å². The first-order valence-electron chi connectivity index (χ1n) is 6.17. The first-order valence-corrected chi connectivity index (χ1v) is 6.17. The van der Waals surface area contributed by atoms with Crippen LogP contribution in [0.2, 0.25) is 0 Å². The highest BCUT2D eigenvalue weighted by Gasteiger charge is 2.43. The average Bonchev–Trinajstić information content (AvgIpc) is 2.32. The van der Waals surface area contributed by atoms with Gasteiger partial charge in [0.15, 0.2) is 5.60 Å². The van der Waals surface area contributed by atoms with Crippen LogP contribution in [0.3, 0.4) is 0 Å². The van der Waals surface area contributed by atoms with Crippen molar-refractivity contribution in [2.75, 3.05) is 0 Å². The van der Waals surface area contributed by atoms with Gasteiger partial charge in [-0.2, -0.15) is 0 Å². The van der Waals surface area contributed by atoms with Gasteiger partial charge in [-0.05, 0) is 30.5 Å². The molecule has 100 valence electrons. The lowest BCUT2D eigenvalue weighted by Crippen LogP contribution is -2.44. The van der Waals surface area contributed by atoms with Crippen LogP contribution in [0.1, 0.15) is 44.6 Å². The number of hydrogen-bond donors (Lipinski definition) is 2. The van der Waals surface area contributed by atoms with E-state index in [1.807, 2.05) is 13.8 Å². The number of carboxylic acid groups (broad SMARTS) is 1. The lowest BCUT2D eigenvalue weighted by atomic mass is 9.77. The van der Waals surface area contributed by atoms with Crippen molar-refractivity contribution in [3.63, 3.8) is 0 Å². The van der Waals surface area contributed by atoms with Gasteiger partial charge in [-0.3, -0.25) is 0 Å². The number of halogens is 1. The number of benzene rings is 1. The van der Waals surface area contributed by atoms with Crippen LogP contribution >= 0.6 is 0 Å². The van der Waals surface area contributed by atoms with E-state index < -0.39 is 17.5 Å². The second-order valence-corrected chi connectivity index (χ2v) is 4.49. The molecule has 0 aliphatic rings. The van der Waals surface area contributed by atoms with E-state index in [-0.39, 0.29) is 12.2 Å². The smallest absolute Gasteiger partial charge is 0.336 e. The minimum Gasteiger partial charge on any atom is -0.479 e. The molecular formula is C14H19FO3. The van der Waals surface area contributed by atoms with E-state index in [4.69, 9.17) is 0 Å². The maximum atomic E-state index is 12.9. The zero-order chi connectivity index (χ0) is 13.8. The third kappa shape index (κ3) is 2.88. The summed E-state index contributed by atoms with van der Waals surface area (Å²) in [5, 5.41) is 19.6. The Hall–Kier alpha value is -1.42. The molecule has 1 aromatic rings. The molecule has 0 aliphatic heterocycles. The van der Waals surface area contributed by atoms with Gasteiger partial charge in [-0.25, -0.2) is 9.18 Å². The van der Waals surface area contributed by atoms with Gasteiger partial charge >= 0.3 is 5.97 Å². The Labute approximate surface area is 106 Å². The van der Waals surface area contributed by atoms with Gasteiger partial charge in [0.2, 0.25) is 0 Å². The molecule has 2 unspecified atom stereocenters. The number of carboxylic acids is 1. The summed E-state index contributed by atoms with van der Waals surface area (Å²) in [6, 6.07) is 5.64. The van der Waals surface area contributed by atoms with Crippen molar-refractivity contribution in [2.45, 2.75) is 44.6 Å². The summed E-state index contributed by atoms with van der Waals surface area (Å²) in [4.78, 5) is 11.3. The Morgan fingerprint density at radius 3 is 2.28 bits per heavy atom. The molecule has 0 radical (unpaired) electrons. The topological polar surface area (TPSA) is 57.5 Å². The molecule has 0 aliphatic carbocycles. The maximum Gasteiger partial charge on any atom is 0.336 e. The van der Waals surface area contributed by atoms with Crippen LogP contribution in [0.25, 0.3) is 0 Å². The fourth-order valence-electron chi connectivity index (χ4n) is 2.36. The molecule has 3 nitrogen and oxygen atoms in total. The van der Waals surface area contributed by atoms with Crippen LogP contribution in [0, 0.1) is 5.82 Å². The summed E-state index contributed by atoms with van der Waals surface area (Å²) in [6.45, 7) is 3.64. The van der Waals surface area contributed by atoms with Crippen molar-refractivity contribution >= 4 is 5.97 Å². The molecule has 2 atom stereocenters. The largest absolute Gasteiger partial charge is 0.479 e. The van der Waals surface area contributed by atoms with Crippen LogP contribution in [0.5, 0.6) is 0 Å². The van der Waals surface area contributed by atoms with E-state index >= 15 is 0 Å². The summed E-state index contributed by atoms with van der Waals surface area (Å²) in [5.74, 6) is -2.13. The third-order valence-electron chi connectivity index (χ3n) is 3.26. The zero-order valence-electron chi connectivity index (χ0n) is 10.7. The van der Waals surface area contributed by atoms with Crippen molar-refractivity contribution in [1.29, 1.82) is 0 Å². The first-order chi connectivity index (χ1) is 8.45. The summed E-state index contributed by atoms with van der Waals surface area (Å²) in [7, 11) is 0. The minimum atomic E-state index is -1.79. The number of rotatable bonds is 6. The summed E-state index contributed by atoms with van der Waals surface area (Å²) in [6.07, 6.45) is 1.23. The highest BCUT2D eigenvalue weighted by Crippen LogP contribution is 2.35. The third-order valence-corrected chi connectivity index (χ3v) is 3.26. The quantitative estimate of drug-likeness (QED) is 0.820. The number of aliphatic hydroxyl groups is 1. The molecule has 0 saturated carbocycles. The average molecular weight is 254 g/mol. The Bertz CT molecular complexity index is 402. The molecule has 0 amide bonds. The number of carbonyl (C=O) groups is 1. The molecular weight excluding hydrogens is 235 g/mol. The summed E-state index contributed by atoms with van der Waals surface area (Å²) >= 11 is 0. The van der Waals surface area contributed by atoms with Gasteiger partial charge in [0.25, 0.3) is 0 Å². The van der Waals surface area contributed by atoms with E-state index in [0.717, 1.165) is 0 Å². The van der Waals surface area contributed by atoms with Gasteiger partial charge in [-0.15, -0.1) is 0 Å². The highest BCUT2D eigenvalue weighted by molar-refractivity contribution is 5.78. The molecule has 0 fully saturated rings. The first kappa shape index (κ1) is 14.6. The molecule has 18 heavy (non-hydrogen) atoms. The number of hydrogen-bond acceptors (Lipinski definition) is 2. The SMILES string of the molecule is CCCC(O)(C(=O)O)C(CC)c1ccc(F)cc1. The van der Waals surface area contributed by atoms with Crippen LogP contribution in [0.4, 0.5) is 4.39 Å². The van der Waals surface area contributed by atoms with Crippen LogP contribution in [-0.4, -0.2) is 21.8 Å². The Kier molecular flexibility index (Phi) is 4.84.